The number of hydrogen-bond acceptors (Lipinski definition) is 0. The van der Waals surface area contributed by atoms with Gasteiger partial charge in [-0.2, -0.15) is 0 Å². The van der Waals surface area contributed by atoms with E-state index in [-0.39, 0.29) is 0 Å². The van der Waals surface area contributed by atoms with E-state index in [1.54, 1.807) is 0 Å². The summed E-state index contributed by atoms with van der Waals surface area (Å²) in [4.78, 5) is 0. The first-order valence-electron chi connectivity index (χ1n) is 11.0. The monoisotopic (exact) mass is 430 g/mol. The lowest BCUT2D eigenvalue weighted by atomic mass is 10.6. The van der Waals surface area contributed by atoms with Gasteiger partial charge in [-0.25, -0.2) is 0 Å². The van der Waals surface area contributed by atoms with E-state index < -0.39 is 35.5 Å². The van der Waals surface area contributed by atoms with Gasteiger partial charge in [0, 0.05) is 35.5 Å². The molecule has 0 nitrogen and oxygen atoms in total. The molecule has 0 bridgehead atoms. The lowest BCUT2D eigenvalue weighted by Crippen LogP contribution is -2.77. The molecule has 0 amide bonds. The predicted octanol–water partition coefficient (Wildman–Crippen LogP) is 7.84. The molecule has 0 atom stereocenters. The quantitative estimate of drug-likeness (QED) is 0.389. The number of hydrogen-bond donors (Lipinski definition) is 0. The van der Waals surface area contributed by atoms with Crippen LogP contribution in [0.25, 0.3) is 0 Å². The van der Waals surface area contributed by atoms with Crippen molar-refractivity contribution < 1.29 is 0 Å². The summed E-state index contributed by atoms with van der Waals surface area (Å²) in [6, 6.07) is 0. The molecule has 25 heavy (non-hydrogen) atoms. The molecule has 0 aromatic heterocycles. The second kappa shape index (κ2) is 6.85. The van der Waals surface area contributed by atoms with E-state index >= 15 is 0 Å². The van der Waals surface area contributed by atoms with Crippen molar-refractivity contribution in [2.75, 3.05) is 0 Å². The summed E-state index contributed by atoms with van der Waals surface area (Å²) in [5.74, 6) is 0. The lowest BCUT2D eigenvalue weighted by molar-refractivity contribution is 0.986. The summed E-state index contributed by atoms with van der Waals surface area (Å²) in [6.45, 7) is 41.6. The Morgan fingerprint density at radius 1 is 0.280 bits per heavy atom. The minimum atomic E-state index is -1.29. The van der Waals surface area contributed by atoms with Crippen molar-refractivity contribution in [2.45, 2.75) is 130 Å². The van der Waals surface area contributed by atoms with Crippen LogP contribution in [0.2, 0.25) is 60.4 Å². The summed E-state index contributed by atoms with van der Waals surface area (Å²) in [6.07, 6.45) is 0. The first kappa shape index (κ1) is 24.1. The summed E-state index contributed by atoms with van der Waals surface area (Å²) >= 11 is 0. The van der Waals surface area contributed by atoms with Gasteiger partial charge in [0.1, 0.15) is 0 Å². The van der Waals surface area contributed by atoms with Gasteiger partial charge >= 0.3 is 0 Å². The third-order valence-corrected chi connectivity index (χ3v) is 141. The maximum absolute atomic E-state index is 2.99. The van der Waals surface area contributed by atoms with Crippen LogP contribution in [0.1, 0.15) is 69.2 Å². The summed E-state index contributed by atoms with van der Waals surface area (Å²) in [5.41, 5.74) is 4.95. The highest BCUT2D eigenvalue weighted by Crippen LogP contribution is 2.66. The number of rotatable bonds is 5. The first-order chi connectivity index (χ1) is 11.0. The van der Waals surface area contributed by atoms with Crippen LogP contribution in [0.4, 0.5) is 0 Å². The highest BCUT2D eigenvalue weighted by molar-refractivity contribution is 8.14. The van der Waals surface area contributed by atoms with Crippen LogP contribution < -0.4 is 0 Å². The van der Waals surface area contributed by atoms with Crippen LogP contribution in [-0.2, 0) is 0 Å². The summed E-state index contributed by atoms with van der Waals surface area (Å²) < 4.78 is 0. The van der Waals surface area contributed by atoms with E-state index in [9.17, 15) is 0 Å². The molecule has 5 heteroatoms. The minimum Gasteiger partial charge on any atom is -0.0731 e. The fraction of sp³-hybridized carbons (Fsp3) is 1.00. The maximum atomic E-state index is 2.99. The Morgan fingerprint density at radius 2 is 0.360 bits per heavy atom. The van der Waals surface area contributed by atoms with E-state index in [4.69, 9.17) is 0 Å². The van der Waals surface area contributed by atoms with Crippen LogP contribution in [0, 0.1) is 0 Å². The third-order valence-electron chi connectivity index (χ3n) is 11.2. The molecule has 150 valence electrons. The molecule has 1 heterocycles. The Balaban J connectivity index is 4.23. The summed E-state index contributed by atoms with van der Waals surface area (Å²) in [5, 5.41) is 0. The smallest absolute Gasteiger partial charge is 0.0372 e. The van der Waals surface area contributed by atoms with Crippen LogP contribution in [-0.4, -0.2) is 35.5 Å². The average Bonchev–Trinajstić information content (AvgIpc) is 2.58. The largest absolute Gasteiger partial charge is 0.0731 e. The van der Waals surface area contributed by atoms with Gasteiger partial charge in [0.25, 0.3) is 0 Å². The zero-order valence-corrected chi connectivity index (χ0v) is 25.4. The molecule has 1 rings (SSSR count). The topological polar surface area (TPSA) is 0 Å². The maximum Gasteiger partial charge on any atom is 0.0372 e. The van der Waals surface area contributed by atoms with Crippen LogP contribution in [0.15, 0.2) is 0 Å². The molecule has 0 spiro atoms. The lowest BCUT2D eigenvalue weighted by Gasteiger charge is -2.56. The van der Waals surface area contributed by atoms with Crippen molar-refractivity contribution in [2.24, 2.45) is 0 Å². The molecule has 0 saturated carbocycles. The zero-order valence-electron chi connectivity index (χ0n) is 20.4. The Kier molecular flexibility index (Phi) is 6.61. The molecular formula is C20H50Si5. The molecule has 0 unspecified atom stereocenters. The minimum absolute atomic E-state index is 0.990. The van der Waals surface area contributed by atoms with Crippen molar-refractivity contribution in [3.63, 3.8) is 0 Å². The molecule has 0 radical (unpaired) electrons. The second-order valence-corrected chi connectivity index (χ2v) is 68.2. The van der Waals surface area contributed by atoms with Gasteiger partial charge in [-0.3, -0.25) is 0 Å². The van der Waals surface area contributed by atoms with Crippen molar-refractivity contribution in [1.29, 1.82) is 0 Å². The summed E-state index contributed by atoms with van der Waals surface area (Å²) in [7, 11) is -6.46. The van der Waals surface area contributed by atoms with Gasteiger partial charge in [0.15, 0.2) is 0 Å². The van der Waals surface area contributed by atoms with E-state index in [1.807, 2.05) is 0 Å². The average molecular weight is 431 g/mol. The Labute approximate surface area is 165 Å². The van der Waals surface area contributed by atoms with Crippen LogP contribution >= 0.6 is 0 Å². The molecule has 0 N–H and O–H groups in total. The van der Waals surface area contributed by atoms with E-state index in [2.05, 4.69) is 102 Å². The van der Waals surface area contributed by atoms with Gasteiger partial charge in [0.2, 0.25) is 0 Å². The molecule has 0 aliphatic carbocycles. The third kappa shape index (κ3) is 2.31. The van der Waals surface area contributed by atoms with Crippen molar-refractivity contribution >= 4 is 35.5 Å². The van der Waals surface area contributed by atoms with E-state index in [1.165, 1.54) is 0 Å². The standard InChI is InChI=1S/C20H50Si5/c1-16(2)21(11)22(12,17(3)4)24(14,19(7)8)25(15,20(9)10)23(21,13)18(5)6/h16-20H,1-15H3. The SMILES string of the molecule is CC(C)[Si]1(C)[Si](C)(C(C)C)[Si](C)(C(C)C)[Si](C)(C(C)C)[Si]1(C)C(C)C. The van der Waals surface area contributed by atoms with Crippen molar-refractivity contribution in [1.82, 2.24) is 0 Å². The van der Waals surface area contributed by atoms with Crippen LogP contribution in [0.3, 0.4) is 0 Å². The van der Waals surface area contributed by atoms with Gasteiger partial charge in [-0.05, 0) is 0 Å². The van der Waals surface area contributed by atoms with Crippen molar-refractivity contribution in [3.8, 4) is 0 Å². The highest BCUT2D eigenvalue weighted by Gasteiger charge is 2.85. The Bertz CT molecular complexity index is 378. The zero-order chi connectivity index (χ0) is 20.4. The molecular weight excluding hydrogens is 381 g/mol. The Morgan fingerprint density at radius 3 is 0.400 bits per heavy atom. The van der Waals surface area contributed by atoms with E-state index in [0.29, 0.717) is 0 Å². The molecule has 1 saturated heterocycles. The molecule has 1 aliphatic rings. The Hall–Kier alpha value is 1.08. The van der Waals surface area contributed by atoms with Crippen LogP contribution in [0.5, 0.6) is 0 Å². The van der Waals surface area contributed by atoms with Gasteiger partial charge in [0.05, 0.1) is 0 Å². The molecule has 1 fully saturated rings. The normalized spacial score (nSPS) is 45.6. The fourth-order valence-corrected chi connectivity index (χ4v) is 240. The van der Waals surface area contributed by atoms with Gasteiger partial charge in [-0.15, -0.1) is 0 Å². The van der Waals surface area contributed by atoms with Gasteiger partial charge in [-0.1, -0.05) is 130 Å². The first-order valence-corrected chi connectivity index (χ1v) is 28.9. The second-order valence-electron chi connectivity index (χ2n) is 11.8. The molecule has 0 aromatic rings. The molecule has 1 aliphatic heterocycles. The predicted molar refractivity (Wildman–Crippen MR) is 134 cm³/mol. The van der Waals surface area contributed by atoms with E-state index in [0.717, 1.165) is 27.7 Å². The van der Waals surface area contributed by atoms with Gasteiger partial charge < -0.3 is 0 Å². The fourth-order valence-electron chi connectivity index (χ4n) is 8.69. The molecule has 0 aromatic carbocycles. The van der Waals surface area contributed by atoms with Crippen molar-refractivity contribution in [3.05, 3.63) is 0 Å². The highest BCUT2D eigenvalue weighted by atomic mass is 30.2.